The molecule has 2 aromatic heterocycles. The smallest absolute Gasteiger partial charge is 0.664 e. The first kappa shape index (κ1) is 35.2. The largest absolute Gasteiger partial charge is 2.00 e. The van der Waals surface area contributed by atoms with Crippen LogP contribution in [0.4, 0.5) is 0 Å². The van der Waals surface area contributed by atoms with Crippen LogP contribution in [0, 0.1) is 23.7 Å². The summed E-state index contributed by atoms with van der Waals surface area (Å²) in [6.07, 6.45) is 16.2. The van der Waals surface area contributed by atoms with Gasteiger partial charge in [-0.15, -0.1) is 11.4 Å². The minimum Gasteiger partial charge on any atom is -0.664 e. The topological polar surface area (TPSA) is 54.7 Å². The van der Waals surface area contributed by atoms with Crippen LogP contribution in [-0.4, -0.2) is 5.71 Å². The van der Waals surface area contributed by atoms with E-state index in [1.165, 1.54) is 56.4 Å². The van der Waals surface area contributed by atoms with E-state index in [9.17, 15) is 0 Å². The monoisotopic (exact) mass is 618 g/mol. The molecule has 0 N–H and O–H groups in total. The molecule has 4 nitrogen and oxygen atoms in total. The minimum atomic E-state index is 0. The Morgan fingerprint density at radius 3 is 1.50 bits per heavy atom. The molecule has 224 valence electrons. The molecule has 6 heteroatoms. The molecule has 4 atom stereocenters. The Balaban J connectivity index is 0.00000242. The van der Waals surface area contributed by atoms with Gasteiger partial charge in [0.05, 0.1) is 0 Å². The van der Waals surface area contributed by atoms with Gasteiger partial charge in [0, 0.05) is 23.2 Å². The number of allylic oxidation sites excluding steroid dienone is 4. The van der Waals surface area contributed by atoms with Gasteiger partial charge in [0.2, 0.25) is 0 Å². The summed E-state index contributed by atoms with van der Waals surface area (Å²) in [5.74, 6) is 1.73. The van der Waals surface area contributed by atoms with Gasteiger partial charge in [-0.1, -0.05) is 109 Å². The Bertz CT molecular complexity index is 1370. The fourth-order valence-electron chi connectivity index (χ4n) is 7.95. The number of aromatic nitrogens is 2. The van der Waals surface area contributed by atoms with Crippen molar-refractivity contribution in [3.05, 3.63) is 73.5 Å². The van der Waals surface area contributed by atoms with Crippen LogP contribution in [-0.2, 0) is 48.6 Å². The van der Waals surface area contributed by atoms with Crippen LogP contribution in [0.3, 0.4) is 0 Å². The van der Waals surface area contributed by atoms with Gasteiger partial charge in [-0.25, -0.2) is 0 Å². The van der Waals surface area contributed by atoms with E-state index in [2.05, 4.69) is 73.6 Å². The van der Waals surface area contributed by atoms with Crippen LogP contribution in [0.25, 0.3) is 17.5 Å². The zero-order chi connectivity index (χ0) is 28.6. The number of aliphatic imine (C=N–C) groups is 1. The second-order valence-corrected chi connectivity index (χ2v) is 11.8. The summed E-state index contributed by atoms with van der Waals surface area (Å²) in [6.45, 7) is 18.4. The van der Waals surface area contributed by atoms with E-state index >= 15 is 0 Å². The Labute approximate surface area is 287 Å². The van der Waals surface area contributed by atoms with E-state index in [1.807, 2.05) is 0 Å². The Morgan fingerprint density at radius 1 is 0.595 bits per heavy atom. The molecule has 0 spiro atoms. The van der Waals surface area contributed by atoms with Crippen molar-refractivity contribution in [1.82, 2.24) is 9.97 Å². The molecule has 1 fully saturated rings. The van der Waals surface area contributed by atoms with Crippen molar-refractivity contribution in [1.29, 1.82) is 0 Å². The molecule has 1 saturated heterocycles. The molecule has 8 bridgehead atoms. The van der Waals surface area contributed by atoms with Crippen LogP contribution < -0.4 is 39.5 Å². The summed E-state index contributed by atoms with van der Waals surface area (Å²) in [5.41, 5.74) is 15.2. The van der Waals surface area contributed by atoms with Crippen LogP contribution in [0.5, 0.6) is 0 Å². The van der Waals surface area contributed by atoms with Crippen molar-refractivity contribution in [2.45, 2.75) is 113 Å². The SMILES string of the molecule is CCc1c2[n-]c(c1CC)Cc1[n-]c(c(CC)c1CC)/C=C1\[N-]/C(=C\C3=NC(=C\2)/[C@@H](CC)[C@@H]3CC)[C@H](CC)[C@H]1CC.[Na+].[Ni+2]. The van der Waals surface area contributed by atoms with Crippen LogP contribution in [0.15, 0.2) is 28.2 Å². The third-order valence-corrected chi connectivity index (χ3v) is 9.94. The van der Waals surface area contributed by atoms with Crippen molar-refractivity contribution < 1.29 is 46.0 Å². The quantitative estimate of drug-likeness (QED) is 0.342. The van der Waals surface area contributed by atoms with Gasteiger partial charge in [-0.05, 0) is 56.8 Å². The summed E-state index contributed by atoms with van der Waals surface area (Å²) in [5, 5.41) is 5.36. The third-order valence-electron chi connectivity index (χ3n) is 9.94. The average molecular weight is 619 g/mol. The van der Waals surface area contributed by atoms with E-state index in [0.29, 0.717) is 23.7 Å². The Morgan fingerprint density at radius 2 is 1.05 bits per heavy atom. The van der Waals surface area contributed by atoms with Crippen LogP contribution in [0.1, 0.15) is 126 Å². The molecular formula is C36H49N4NaNi. The van der Waals surface area contributed by atoms with Gasteiger partial charge in [0.25, 0.3) is 0 Å². The maximum absolute atomic E-state index is 5.36. The first-order valence-corrected chi connectivity index (χ1v) is 16.3. The van der Waals surface area contributed by atoms with Gasteiger partial charge in [-0.2, -0.15) is 22.8 Å². The van der Waals surface area contributed by atoms with Crippen molar-refractivity contribution in [3.8, 4) is 0 Å². The molecule has 0 unspecified atom stereocenters. The van der Waals surface area contributed by atoms with Crippen molar-refractivity contribution in [2.75, 3.05) is 0 Å². The Hall–Kier alpha value is -1.26. The zero-order valence-corrected chi connectivity index (χ0v) is 30.5. The molecule has 0 aromatic carbocycles. The molecule has 5 heterocycles. The first-order chi connectivity index (χ1) is 19.5. The predicted molar refractivity (Wildman–Crippen MR) is 170 cm³/mol. The fourth-order valence-corrected chi connectivity index (χ4v) is 7.95. The Kier molecular flexibility index (Phi) is 12.7. The maximum Gasteiger partial charge on any atom is 2.00 e. The summed E-state index contributed by atoms with van der Waals surface area (Å²) in [7, 11) is 0. The van der Waals surface area contributed by atoms with Crippen molar-refractivity contribution >= 4 is 17.9 Å². The molecule has 42 heavy (non-hydrogen) atoms. The van der Waals surface area contributed by atoms with Gasteiger partial charge in [0.15, 0.2) is 0 Å². The van der Waals surface area contributed by atoms with E-state index in [4.69, 9.17) is 20.3 Å². The van der Waals surface area contributed by atoms with E-state index < -0.39 is 0 Å². The third kappa shape index (κ3) is 6.15. The second-order valence-electron chi connectivity index (χ2n) is 11.8. The molecule has 0 amide bonds. The zero-order valence-electron chi connectivity index (χ0n) is 27.5. The first-order valence-electron chi connectivity index (χ1n) is 16.3. The molecule has 2 aromatic rings. The fraction of sp³-hybridized carbons (Fsp3) is 0.583. The molecule has 5 rings (SSSR count). The van der Waals surface area contributed by atoms with Gasteiger partial charge < -0.3 is 15.3 Å². The predicted octanol–water partition coefficient (Wildman–Crippen LogP) is 5.97. The van der Waals surface area contributed by atoms with Gasteiger partial charge in [0.1, 0.15) is 0 Å². The van der Waals surface area contributed by atoms with Crippen molar-refractivity contribution in [2.24, 2.45) is 28.7 Å². The van der Waals surface area contributed by atoms with E-state index in [0.717, 1.165) is 69.2 Å². The second kappa shape index (κ2) is 15.2. The molecule has 3 aliphatic heterocycles. The van der Waals surface area contributed by atoms with Crippen molar-refractivity contribution in [3.63, 3.8) is 0 Å². The number of nitrogens with zero attached hydrogens (tertiary/aromatic N) is 4. The summed E-state index contributed by atoms with van der Waals surface area (Å²) in [4.78, 5) is 16.0. The van der Waals surface area contributed by atoms with E-state index in [1.54, 1.807) is 0 Å². The number of hydrogen-bond donors (Lipinski definition) is 0. The minimum absolute atomic E-state index is 0. The maximum atomic E-state index is 5.36. The molecular weight excluding hydrogens is 570 g/mol. The number of fused-ring (bicyclic) bond motifs is 7. The molecule has 0 aliphatic carbocycles. The summed E-state index contributed by atoms with van der Waals surface area (Å²) >= 11 is 0. The normalized spacial score (nSPS) is 26.6. The standard InChI is InChI=1S/C36H49N4.Na.Ni/c1-9-21-22(10-2)30-18-32-25(13-5)26(14-6)34(39-32)20-36-28(16-8)27(15-7)35(40-36)19-33-24(12-4)23(11-3)31(38-33)17-29(21)37-30;;/h17-19,21-24H,9-16,20H2,1-8H3;;/q-3;+1;+2/b29-17-,30-18-,33-19-;;/t21-,22-,23+,24+;;/m1../s1. The van der Waals surface area contributed by atoms with Crippen LogP contribution in [0.2, 0.25) is 0 Å². The van der Waals surface area contributed by atoms with Gasteiger partial charge >= 0.3 is 46.0 Å². The average Bonchev–Trinajstić information content (AvgIpc) is 3.67. The molecule has 3 aliphatic rings. The van der Waals surface area contributed by atoms with Gasteiger partial charge in [-0.3, -0.25) is 4.99 Å². The number of hydrogen-bond acceptors (Lipinski definition) is 1. The van der Waals surface area contributed by atoms with E-state index in [-0.39, 0.29) is 46.0 Å². The molecule has 0 saturated carbocycles. The van der Waals surface area contributed by atoms with Crippen LogP contribution >= 0.6 is 0 Å². The molecule has 0 radical (unpaired) electrons. The summed E-state index contributed by atoms with van der Waals surface area (Å²) in [6, 6.07) is 0. The summed E-state index contributed by atoms with van der Waals surface area (Å²) < 4.78 is 0. The number of rotatable bonds is 8.